The van der Waals surface area contributed by atoms with Crippen molar-refractivity contribution in [3.63, 3.8) is 0 Å². The van der Waals surface area contributed by atoms with E-state index >= 15 is 0 Å². The van der Waals surface area contributed by atoms with Crippen LogP contribution in [0.25, 0.3) is 11.0 Å². The van der Waals surface area contributed by atoms with Gasteiger partial charge in [0.2, 0.25) is 0 Å². The predicted molar refractivity (Wildman–Crippen MR) is 76.8 cm³/mol. The third kappa shape index (κ3) is 1.94. The van der Waals surface area contributed by atoms with Crippen molar-refractivity contribution >= 4 is 28.8 Å². The van der Waals surface area contributed by atoms with Gasteiger partial charge in [0.15, 0.2) is 0 Å². The van der Waals surface area contributed by atoms with E-state index in [0.29, 0.717) is 16.8 Å². The third-order valence-electron chi connectivity index (χ3n) is 3.44. The zero-order chi connectivity index (χ0) is 14.3. The van der Waals surface area contributed by atoms with Crippen LogP contribution in [0.5, 0.6) is 0 Å². The van der Waals surface area contributed by atoms with Gasteiger partial charge in [-0.05, 0) is 24.3 Å². The summed E-state index contributed by atoms with van der Waals surface area (Å²) in [7, 11) is 0. The van der Waals surface area contributed by atoms with Crippen molar-refractivity contribution in [3.05, 3.63) is 44.5 Å². The van der Waals surface area contributed by atoms with Crippen molar-refractivity contribution in [2.24, 2.45) is 0 Å². The third-order valence-corrected chi connectivity index (χ3v) is 4.58. The van der Waals surface area contributed by atoms with Crippen molar-refractivity contribution < 1.29 is 9.90 Å². The minimum absolute atomic E-state index is 0.0350. The first-order valence-electron chi connectivity index (χ1n) is 6.18. The molecule has 20 heavy (non-hydrogen) atoms. The van der Waals surface area contributed by atoms with E-state index in [1.54, 1.807) is 23.9 Å². The number of aromatic nitrogens is 2. The molecular formula is C13H12N2O4S. The molecule has 0 bridgehead atoms. The Balaban J connectivity index is 2.45. The lowest BCUT2D eigenvalue weighted by Crippen LogP contribution is -2.39. The number of nitrogens with one attached hydrogen (secondary N) is 1. The van der Waals surface area contributed by atoms with E-state index in [2.05, 4.69) is 4.98 Å². The van der Waals surface area contributed by atoms with Crippen LogP contribution in [0.2, 0.25) is 0 Å². The summed E-state index contributed by atoms with van der Waals surface area (Å²) in [5, 5.41) is 9.30. The van der Waals surface area contributed by atoms with Crippen LogP contribution in [0.15, 0.2) is 27.8 Å². The van der Waals surface area contributed by atoms with E-state index < -0.39 is 17.1 Å². The van der Waals surface area contributed by atoms with Crippen LogP contribution in [0.4, 0.5) is 0 Å². The summed E-state index contributed by atoms with van der Waals surface area (Å²) >= 11 is 1.69. The Bertz CT molecular complexity index is 802. The first kappa shape index (κ1) is 13.0. The molecule has 0 amide bonds. The molecule has 1 aromatic carbocycles. The smallest absolute Gasteiger partial charge is 0.337 e. The minimum atomic E-state index is -1.11. The van der Waals surface area contributed by atoms with Crippen LogP contribution in [-0.2, 0) is 0 Å². The maximum Gasteiger partial charge on any atom is 0.337 e. The number of aromatic amines is 1. The quantitative estimate of drug-likeness (QED) is 0.808. The summed E-state index contributed by atoms with van der Waals surface area (Å²) in [6, 6.07) is 4.49. The van der Waals surface area contributed by atoms with Crippen molar-refractivity contribution in [2.45, 2.75) is 12.5 Å². The van der Waals surface area contributed by atoms with Crippen molar-refractivity contribution in [3.8, 4) is 0 Å². The Morgan fingerprint density at radius 2 is 2.20 bits per heavy atom. The number of aromatic carboxylic acids is 1. The number of hydrogen-bond acceptors (Lipinski definition) is 4. The maximum atomic E-state index is 12.2. The minimum Gasteiger partial charge on any atom is -0.478 e. The molecule has 0 saturated carbocycles. The second-order valence-electron chi connectivity index (χ2n) is 4.65. The van der Waals surface area contributed by atoms with Gasteiger partial charge in [-0.1, -0.05) is 6.07 Å². The Hall–Kier alpha value is -2.02. The largest absolute Gasteiger partial charge is 0.478 e. The topological polar surface area (TPSA) is 92.2 Å². The van der Waals surface area contributed by atoms with Crippen LogP contribution >= 0.6 is 11.8 Å². The first-order valence-corrected chi connectivity index (χ1v) is 7.33. The molecular weight excluding hydrogens is 280 g/mol. The lowest BCUT2D eigenvalue weighted by Gasteiger charge is -2.16. The van der Waals surface area contributed by atoms with Gasteiger partial charge >= 0.3 is 17.1 Å². The van der Waals surface area contributed by atoms with Gasteiger partial charge in [-0.25, -0.2) is 4.79 Å². The summed E-state index contributed by atoms with van der Waals surface area (Å²) < 4.78 is 1.36. The van der Waals surface area contributed by atoms with Crippen LogP contribution in [0.1, 0.15) is 22.8 Å². The maximum absolute atomic E-state index is 12.2. The van der Waals surface area contributed by atoms with Gasteiger partial charge in [0.05, 0.1) is 16.6 Å². The number of fused-ring (bicyclic) bond motifs is 1. The fourth-order valence-corrected chi connectivity index (χ4v) is 3.73. The van der Waals surface area contributed by atoms with Crippen LogP contribution in [0, 0.1) is 0 Å². The van der Waals surface area contributed by atoms with Crippen molar-refractivity contribution in [2.75, 3.05) is 11.5 Å². The van der Waals surface area contributed by atoms with Gasteiger partial charge in [-0.3, -0.25) is 14.2 Å². The fraction of sp³-hybridized carbons (Fsp3) is 0.308. The van der Waals surface area contributed by atoms with Crippen LogP contribution < -0.4 is 11.1 Å². The number of hydrogen-bond donors (Lipinski definition) is 2. The highest BCUT2D eigenvalue weighted by molar-refractivity contribution is 7.99. The molecule has 2 N–H and O–H groups in total. The number of H-pyrrole nitrogens is 1. The van der Waals surface area contributed by atoms with Gasteiger partial charge in [0.25, 0.3) is 0 Å². The standard InChI is InChI=1S/C13H12N2O4S/c16-11-12(17)15(7-4-5-20-6-7)10-8(13(18)19)2-1-3-9(10)14-11/h1-3,7H,4-6H2,(H,14,16)(H,18,19). The molecule has 1 aromatic heterocycles. The summed E-state index contributed by atoms with van der Waals surface area (Å²) in [6.07, 6.45) is 0.761. The summed E-state index contributed by atoms with van der Waals surface area (Å²) in [4.78, 5) is 37.7. The predicted octanol–water partition coefficient (Wildman–Crippen LogP) is 1.07. The highest BCUT2D eigenvalue weighted by Crippen LogP contribution is 2.29. The summed E-state index contributed by atoms with van der Waals surface area (Å²) in [6.45, 7) is 0. The number of carboxylic acid groups (broad SMARTS) is 1. The highest BCUT2D eigenvalue weighted by atomic mass is 32.2. The molecule has 1 unspecified atom stereocenters. The van der Waals surface area contributed by atoms with E-state index in [1.807, 2.05) is 0 Å². The number of para-hydroxylation sites is 1. The molecule has 0 radical (unpaired) electrons. The van der Waals surface area contributed by atoms with Gasteiger partial charge in [-0.15, -0.1) is 0 Å². The molecule has 6 nitrogen and oxygen atoms in total. The lowest BCUT2D eigenvalue weighted by atomic mass is 10.1. The average molecular weight is 292 g/mol. The molecule has 2 heterocycles. The van der Waals surface area contributed by atoms with Crippen molar-refractivity contribution in [1.29, 1.82) is 0 Å². The second kappa shape index (κ2) is 4.82. The van der Waals surface area contributed by atoms with E-state index in [0.717, 1.165) is 12.2 Å². The number of rotatable bonds is 2. The van der Waals surface area contributed by atoms with Gasteiger partial charge in [-0.2, -0.15) is 11.8 Å². The molecule has 104 valence electrons. The Morgan fingerprint density at radius 3 is 2.85 bits per heavy atom. The molecule has 1 aliphatic heterocycles. The molecule has 1 saturated heterocycles. The Labute approximate surface area is 117 Å². The SMILES string of the molecule is O=C(O)c1cccc2[nH]c(=O)c(=O)n(C3CCSC3)c12. The monoisotopic (exact) mass is 292 g/mol. The molecule has 0 spiro atoms. The van der Waals surface area contributed by atoms with E-state index in [9.17, 15) is 19.5 Å². The highest BCUT2D eigenvalue weighted by Gasteiger charge is 2.24. The number of carbonyl (C=O) groups is 1. The molecule has 1 atom stereocenters. The molecule has 3 rings (SSSR count). The van der Waals surface area contributed by atoms with Crippen molar-refractivity contribution in [1.82, 2.24) is 9.55 Å². The molecule has 2 aromatic rings. The Kier molecular flexibility index (Phi) is 3.13. The first-order chi connectivity index (χ1) is 9.59. The summed E-state index contributed by atoms with van der Waals surface area (Å²) in [5.41, 5.74) is -0.674. The average Bonchev–Trinajstić information content (AvgIpc) is 2.93. The number of carboxylic acids is 1. The van der Waals surface area contributed by atoms with Gasteiger partial charge < -0.3 is 10.1 Å². The van der Waals surface area contributed by atoms with E-state index in [1.165, 1.54) is 10.6 Å². The fourth-order valence-electron chi connectivity index (χ4n) is 2.54. The molecule has 7 heteroatoms. The van der Waals surface area contributed by atoms with Gasteiger partial charge in [0, 0.05) is 11.8 Å². The Morgan fingerprint density at radius 1 is 1.40 bits per heavy atom. The number of thioether (sulfide) groups is 1. The zero-order valence-electron chi connectivity index (χ0n) is 10.5. The molecule has 1 aliphatic rings. The van der Waals surface area contributed by atoms with E-state index in [4.69, 9.17) is 0 Å². The zero-order valence-corrected chi connectivity index (χ0v) is 11.3. The summed E-state index contributed by atoms with van der Waals surface area (Å²) in [5.74, 6) is 0.508. The lowest BCUT2D eigenvalue weighted by molar-refractivity contribution is 0.0698. The number of benzene rings is 1. The van der Waals surface area contributed by atoms with Crippen LogP contribution in [0.3, 0.4) is 0 Å². The normalized spacial score (nSPS) is 18.5. The number of nitrogens with zero attached hydrogens (tertiary/aromatic N) is 1. The second-order valence-corrected chi connectivity index (χ2v) is 5.80. The molecule has 1 fully saturated rings. The van der Waals surface area contributed by atoms with Gasteiger partial charge in [0.1, 0.15) is 0 Å². The van der Waals surface area contributed by atoms with Crippen LogP contribution in [-0.4, -0.2) is 32.1 Å². The molecule has 0 aliphatic carbocycles. The van der Waals surface area contributed by atoms with E-state index in [-0.39, 0.29) is 11.6 Å².